The summed E-state index contributed by atoms with van der Waals surface area (Å²) in [4.78, 5) is 12.5. The third-order valence-electron chi connectivity index (χ3n) is 3.98. The molecule has 0 aliphatic carbocycles. The van der Waals surface area contributed by atoms with E-state index in [0.717, 1.165) is 4.31 Å². The smallest absolute Gasteiger partial charge is 0.264 e. The molecular formula is C20H26N2O5S. The van der Waals surface area contributed by atoms with Crippen LogP contribution in [0.3, 0.4) is 0 Å². The number of methoxy groups -OCH3 is 2. The summed E-state index contributed by atoms with van der Waals surface area (Å²) < 4.78 is 38.0. The minimum absolute atomic E-state index is 0.0986. The van der Waals surface area contributed by atoms with Crippen LogP contribution in [0.15, 0.2) is 53.4 Å². The molecule has 2 aromatic rings. The van der Waals surface area contributed by atoms with Gasteiger partial charge in [0.25, 0.3) is 10.0 Å². The molecule has 1 N–H and O–H groups in total. The van der Waals surface area contributed by atoms with E-state index in [0.29, 0.717) is 23.7 Å². The van der Waals surface area contributed by atoms with E-state index in [1.807, 2.05) is 13.8 Å². The summed E-state index contributed by atoms with van der Waals surface area (Å²) in [5.74, 6) is 0.704. The quantitative estimate of drug-likeness (QED) is 0.692. The first-order valence-corrected chi connectivity index (χ1v) is 10.3. The molecule has 7 nitrogen and oxygen atoms in total. The molecule has 2 rings (SSSR count). The molecule has 0 aromatic heterocycles. The second-order valence-corrected chi connectivity index (χ2v) is 8.42. The van der Waals surface area contributed by atoms with Crippen LogP contribution in [0, 0.1) is 5.92 Å². The highest BCUT2D eigenvalue weighted by Gasteiger charge is 2.28. The SMILES string of the molecule is COc1ccc(N(CC(=O)NCC(C)C)S(=O)(=O)c2ccccc2)cc1OC. The van der Waals surface area contributed by atoms with Gasteiger partial charge in [-0.2, -0.15) is 0 Å². The number of amides is 1. The van der Waals surface area contributed by atoms with Gasteiger partial charge in [-0.15, -0.1) is 0 Å². The van der Waals surface area contributed by atoms with Gasteiger partial charge in [0.1, 0.15) is 6.54 Å². The largest absolute Gasteiger partial charge is 0.493 e. The number of carbonyl (C=O) groups is 1. The lowest BCUT2D eigenvalue weighted by Crippen LogP contribution is -2.41. The molecule has 28 heavy (non-hydrogen) atoms. The third-order valence-corrected chi connectivity index (χ3v) is 5.77. The number of benzene rings is 2. The summed E-state index contributed by atoms with van der Waals surface area (Å²) in [6.07, 6.45) is 0. The van der Waals surface area contributed by atoms with Crippen LogP contribution in [0.5, 0.6) is 11.5 Å². The van der Waals surface area contributed by atoms with Gasteiger partial charge in [0, 0.05) is 12.6 Å². The van der Waals surface area contributed by atoms with Crippen molar-refractivity contribution < 1.29 is 22.7 Å². The van der Waals surface area contributed by atoms with Gasteiger partial charge in [0.15, 0.2) is 11.5 Å². The molecule has 0 saturated carbocycles. The maximum Gasteiger partial charge on any atom is 0.264 e. The van der Waals surface area contributed by atoms with Crippen LogP contribution < -0.4 is 19.1 Å². The number of carbonyl (C=O) groups excluding carboxylic acids is 1. The summed E-state index contributed by atoms with van der Waals surface area (Å²) >= 11 is 0. The molecule has 0 aliphatic heterocycles. The van der Waals surface area contributed by atoms with Crippen molar-refractivity contribution >= 4 is 21.6 Å². The van der Waals surface area contributed by atoms with Gasteiger partial charge in [0.2, 0.25) is 5.91 Å². The van der Waals surface area contributed by atoms with Crippen LogP contribution in [-0.4, -0.2) is 41.6 Å². The van der Waals surface area contributed by atoms with Crippen molar-refractivity contribution in [1.29, 1.82) is 0 Å². The molecule has 0 fully saturated rings. The zero-order valence-electron chi connectivity index (χ0n) is 16.5. The molecule has 2 aromatic carbocycles. The molecule has 1 amide bonds. The zero-order valence-corrected chi connectivity index (χ0v) is 17.3. The van der Waals surface area contributed by atoms with Crippen molar-refractivity contribution in [1.82, 2.24) is 5.32 Å². The molecule has 152 valence electrons. The van der Waals surface area contributed by atoms with Crippen molar-refractivity contribution in [2.45, 2.75) is 18.7 Å². The number of hydrogen-bond donors (Lipinski definition) is 1. The Labute approximate surface area is 166 Å². The van der Waals surface area contributed by atoms with E-state index in [-0.39, 0.29) is 23.3 Å². The Morgan fingerprint density at radius 1 is 1.04 bits per heavy atom. The fourth-order valence-corrected chi connectivity index (χ4v) is 3.95. The molecule has 0 aliphatic rings. The fraction of sp³-hybridized carbons (Fsp3) is 0.350. The Balaban J connectivity index is 2.46. The van der Waals surface area contributed by atoms with Crippen molar-refractivity contribution in [2.75, 3.05) is 31.6 Å². The van der Waals surface area contributed by atoms with Gasteiger partial charge >= 0.3 is 0 Å². The van der Waals surface area contributed by atoms with Crippen LogP contribution in [0.25, 0.3) is 0 Å². The first kappa shape index (κ1) is 21.6. The van der Waals surface area contributed by atoms with E-state index >= 15 is 0 Å². The van der Waals surface area contributed by atoms with E-state index in [1.165, 1.54) is 32.4 Å². The first-order chi connectivity index (χ1) is 13.3. The molecule has 0 heterocycles. The van der Waals surface area contributed by atoms with E-state index in [9.17, 15) is 13.2 Å². The fourth-order valence-electron chi connectivity index (χ4n) is 2.52. The van der Waals surface area contributed by atoms with Gasteiger partial charge in [-0.3, -0.25) is 9.10 Å². The number of nitrogens with zero attached hydrogens (tertiary/aromatic N) is 1. The molecule has 0 radical (unpaired) electrons. The normalized spacial score (nSPS) is 11.2. The van der Waals surface area contributed by atoms with Crippen molar-refractivity contribution in [2.24, 2.45) is 5.92 Å². The summed E-state index contributed by atoms with van der Waals surface area (Å²) in [5.41, 5.74) is 0.307. The van der Waals surface area contributed by atoms with Crippen LogP contribution in [0.2, 0.25) is 0 Å². The highest BCUT2D eigenvalue weighted by atomic mass is 32.2. The second kappa shape index (κ2) is 9.45. The molecule has 0 unspecified atom stereocenters. The predicted molar refractivity (Wildman–Crippen MR) is 108 cm³/mol. The lowest BCUT2D eigenvalue weighted by atomic mass is 10.2. The summed E-state index contributed by atoms with van der Waals surface area (Å²) in [5, 5.41) is 2.76. The first-order valence-electron chi connectivity index (χ1n) is 8.86. The molecule has 8 heteroatoms. The monoisotopic (exact) mass is 406 g/mol. The van der Waals surface area contributed by atoms with Gasteiger partial charge in [-0.1, -0.05) is 32.0 Å². The lowest BCUT2D eigenvalue weighted by Gasteiger charge is -2.25. The summed E-state index contributed by atoms with van der Waals surface area (Å²) in [6.45, 7) is 4.05. The Kier molecular flexibility index (Phi) is 7.28. The number of rotatable bonds is 9. The number of ether oxygens (including phenoxy) is 2. The number of hydrogen-bond acceptors (Lipinski definition) is 5. The zero-order chi connectivity index (χ0) is 20.7. The Morgan fingerprint density at radius 2 is 1.68 bits per heavy atom. The van der Waals surface area contributed by atoms with Crippen LogP contribution in [0.1, 0.15) is 13.8 Å². The van der Waals surface area contributed by atoms with Crippen molar-refractivity contribution in [3.05, 3.63) is 48.5 Å². The molecule has 0 saturated heterocycles. The molecule has 0 spiro atoms. The highest BCUT2D eigenvalue weighted by molar-refractivity contribution is 7.92. The average molecular weight is 407 g/mol. The van der Waals surface area contributed by atoms with Crippen LogP contribution >= 0.6 is 0 Å². The number of sulfonamides is 1. The van der Waals surface area contributed by atoms with E-state index in [2.05, 4.69) is 5.32 Å². The lowest BCUT2D eigenvalue weighted by molar-refractivity contribution is -0.119. The van der Waals surface area contributed by atoms with Crippen molar-refractivity contribution in [3.8, 4) is 11.5 Å². The molecule has 0 bridgehead atoms. The minimum Gasteiger partial charge on any atom is -0.493 e. The topological polar surface area (TPSA) is 84.9 Å². The van der Waals surface area contributed by atoms with Gasteiger partial charge < -0.3 is 14.8 Å². The van der Waals surface area contributed by atoms with Crippen LogP contribution in [0.4, 0.5) is 5.69 Å². The number of anilines is 1. The van der Waals surface area contributed by atoms with E-state index in [1.54, 1.807) is 30.3 Å². The van der Waals surface area contributed by atoms with E-state index in [4.69, 9.17) is 9.47 Å². The Hall–Kier alpha value is -2.74. The van der Waals surface area contributed by atoms with Gasteiger partial charge in [0.05, 0.1) is 24.8 Å². The number of nitrogens with one attached hydrogen (secondary N) is 1. The maximum absolute atomic E-state index is 13.2. The van der Waals surface area contributed by atoms with Gasteiger partial charge in [-0.05, 0) is 30.2 Å². The highest BCUT2D eigenvalue weighted by Crippen LogP contribution is 2.33. The minimum atomic E-state index is -3.96. The van der Waals surface area contributed by atoms with Crippen molar-refractivity contribution in [3.63, 3.8) is 0 Å². The Bertz CT molecular complexity index is 898. The van der Waals surface area contributed by atoms with Gasteiger partial charge in [-0.25, -0.2) is 8.42 Å². The third kappa shape index (κ3) is 5.16. The summed E-state index contributed by atoms with van der Waals surface area (Å²) in [6, 6.07) is 12.7. The molecule has 0 atom stereocenters. The van der Waals surface area contributed by atoms with Crippen LogP contribution in [-0.2, 0) is 14.8 Å². The standard InChI is InChI=1S/C20H26N2O5S/c1-15(2)13-21-20(23)14-22(28(24,25)17-8-6-5-7-9-17)16-10-11-18(26-3)19(12-16)27-4/h5-12,15H,13-14H2,1-4H3,(H,21,23). The predicted octanol–water partition coefficient (Wildman–Crippen LogP) is 2.67. The Morgan fingerprint density at radius 3 is 2.25 bits per heavy atom. The van der Waals surface area contributed by atoms with E-state index < -0.39 is 10.0 Å². The average Bonchev–Trinajstić information content (AvgIpc) is 2.70. The summed E-state index contributed by atoms with van der Waals surface area (Å²) in [7, 11) is -0.995. The maximum atomic E-state index is 13.2. The second-order valence-electron chi connectivity index (χ2n) is 6.56. The molecular weight excluding hydrogens is 380 g/mol.